The fraction of sp³-hybridized carbons (Fsp3) is 0.167. The van der Waals surface area contributed by atoms with Crippen LogP contribution in [0.15, 0.2) is 39.9 Å². The van der Waals surface area contributed by atoms with Gasteiger partial charge in [-0.3, -0.25) is 0 Å². The lowest BCUT2D eigenvalue weighted by atomic mass is 10.2. The van der Waals surface area contributed by atoms with E-state index in [0.717, 1.165) is 6.07 Å². The number of thiophene rings is 1. The topological polar surface area (TPSA) is 92.4 Å². The Morgan fingerprint density at radius 3 is 2.75 bits per heavy atom. The summed E-state index contributed by atoms with van der Waals surface area (Å²) < 4.78 is 39.8. The van der Waals surface area contributed by atoms with E-state index in [-0.39, 0.29) is 12.2 Å². The van der Waals surface area contributed by atoms with Crippen molar-refractivity contribution in [1.82, 2.24) is 4.72 Å². The second-order valence-electron chi connectivity index (χ2n) is 4.08. The SMILES string of the molecule is Nc1cccc(F)c1S(=O)(=O)NCC(O)c1ccsc1. The molecule has 0 bridgehead atoms. The van der Waals surface area contributed by atoms with Crippen LogP contribution in [0.2, 0.25) is 0 Å². The van der Waals surface area contributed by atoms with Gasteiger partial charge in [0.05, 0.1) is 11.8 Å². The Hall–Kier alpha value is -1.48. The maximum absolute atomic E-state index is 13.6. The zero-order valence-corrected chi connectivity index (χ0v) is 11.9. The van der Waals surface area contributed by atoms with Gasteiger partial charge in [-0.15, -0.1) is 0 Å². The number of nitrogens with two attached hydrogens (primary N) is 1. The molecule has 20 heavy (non-hydrogen) atoms. The van der Waals surface area contributed by atoms with Crippen LogP contribution < -0.4 is 10.5 Å². The molecule has 0 amide bonds. The van der Waals surface area contributed by atoms with Gasteiger partial charge in [-0.25, -0.2) is 17.5 Å². The second-order valence-corrected chi connectivity index (χ2v) is 6.57. The molecule has 1 aromatic heterocycles. The van der Waals surface area contributed by atoms with Gasteiger partial charge in [-0.2, -0.15) is 11.3 Å². The number of nitrogen functional groups attached to an aromatic ring is 1. The van der Waals surface area contributed by atoms with Gasteiger partial charge >= 0.3 is 0 Å². The molecule has 0 spiro atoms. The Kier molecular flexibility index (Phi) is 4.39. The summed E-state index contributed by atoms with van der Waals surface area (Å²) in [6, 6.07) is 5.32. The minimum absolute atomic E-state index is 0.178. The van der Waals surface area contributed by atoms with Gasteiger partial charge in [0.25, 0.3) is 0 Å². The number of hydrogen-bond donors (Lipinski definition) is 3. The number of aliphatic hydroxyl groups is 1. The zero-order valence-electron chi connectivity index (χ0n) is 10.3. The van der Waals surface area contributed by atoms with Crippen LogP contribution in [0, 0.1) is 5.82 Å². The molecule has 0 aliphatic heterocycles. The predicted molar refractivity (Wildman–Crippen MR) is 75.3 cm³/mol. The summed E-state index contributed by atoms with van der Waals surface area (Å²) in [6.45, 7) is -0.257. The lowest BCUT2D eigenvalue weighted by Crippen LogP contribution is -2.29. The number of halogens is 1. The van der Waals surface area contributed by atoms with E-state index in [1.54, 1.807) is 16.8 Å². The zero-order chi connectivity index (χ0) is 14.8. The number of nitrogens with one attached hydrogen (secondary N) is 1. The monoisotopic (exact) mass is 316 g/mol. The van der Waals surface area contributed by atoms with E-state index >= 15 is 0 Å². The van der Waals surface area contributed by atoms with Crippen molar-refractivity contribution in [3.8, 4) is 0 Å². The Balaban J connectivity index is 2.16. The number of benzene rings is 1. The number of sulfonamides is 1. The third kappa shape index (κ3) is 3.15. The molecule has 0 aliphatic carbocycles. The van der Waals surface area contributed by atoms with Gasteiger partial charge < -0.3 is 10.8 Å². The lowest BCUT2D eigenvalue weighted by molar-refractivity contribution is 0.182. The van der Waals surface area contributed by atoms with Crippen LogP contribution >= 0.6 is 11.3 Å². The molecule has 5 nitrogen and oxygen atoms in total. The van der Waals surface area contributed by atoms with Crippen LogP contribution in [-0.4, -0.2) is 20.1 Å². The summed E-state index contributed by atoms with van der Waals surface area (Å²) in [5, 5.41) is 13.3. The van der Waals surface area contributed by atoms with Crippen LogP contribution in [0.3, 0.4) is 0 Å². The lowest BCUT2D eigenvalue weighted by Gasteiger charge is -2.13. The smallest absolute Gasteiger partial charge is 0.245 e. The summed E-state index contributed by atoms with van der Waals surface area (Å²) in [6.07, 6.45) is -0.996. The minimum atomic E-state index is -4.11. The highest BCUT2D eigenvalue weighted by Crippen LogP contribution is 2.22. The summed E-state index contributed by atoms with van der Waals surface area (Å²) in [4.78, 5) is -0.600. The Morgan fingerprint density at radius 1 is 1.40 bits per heavy atom. The fourth-order valence-electron chi connectivity index (χ4n) is 1.65. The first-order chi connectivity index (χ1) is 9.42. The summed E-state index contributed by atoms with van der Waals surface area (Å²) >= 11 is 1.39. The molecule has 108 valence electrons. The van der Waals surface area contributed by atoms with E-state index in [4.69, 9.17) is 5.73 Å². The quantitative estimate of drug-likeness (QED) is 0.729. The molecule has 1 aromatic carbocycles. The average Bonchev–Trinajstić information content (AvgIpc) is 2.89. The summed E-state index contributed by atoms with van der Waals surface area (Å²) in [5.41, 5.74) is 5.91. The van der Waals surface area contributed by atoms with Gasteiger partial charge in [-0.1, -0.05) is 6.07 Å². The Morgan fingerprint density at radius 2 is 2.15 bits per heavy atom. The van der Waals surface area contributed by atoms with E-state index in [1.807, 2.05) is 0 Å². The van der Waals surface area contributed by atoms with Crippen LogP contribution in [-0.2, 0) is 10.0 Å². The number of hydrogen-bond acceptors (Lipinski definition) is 5. The largest absolute Gasteiger partial charge is 0.398 e. The molecule has 2 rings (SSSR count). The highest BCUT2D eigenvalue weighted by Gasteiger charge is 2.23. The first-order valence-electron chi connectivity index (χ1n) is 5.65. The summed E-state index contributed by atoms with van der Waals surface area (Å²) in [5.74, 6) is -0.928. The first kappa shape index (κ1) is 14.9. The molecule has 8 heteroatoms. The van der Waals surface area contributed by atoms with Gasteiger partial charge in [0.15, 0.2) is 0 Å². The van der Waals surface area contributed by atoms with Crippen molar-refractivity contribution in [3.63, 3.8) is 0 Å². The molecule has 0 aliphatic rings. The highest BCUT2D eigenvalue weighted by molar-refractivity contribution is 7.89. The standard InChI is InChI=1S/C12H13FN2O3S2/c13-9-2-1-3-10(14)12(9)20(17,18)15-6-11(16)8-4-5-19-7-8/h1-5,7,11,15-16H,6,14H2. The van der Waals surface area contributed by atoms with E-state index in [9.17, 15) is 17.9 Å². The van der Waals surface area contributed by atoms with E-state index < -0.39 is 26.8 Å². The fourth-order valence-corrected chi connectivity index (χ4v) is 3.58. The molecular weight excluding hydrogens is 303 g/mol. The normalized spacial score (nSPS) is 13.3. The van der Waals surface area contributed by atoms with Crippen molar-refractivity contribution in [2.75, 3.05) is 12.3 Å². The molecular formula is C12H13FN2O3S2. The molecule has 1 heterocycles. The van der Waals surface area contributed by atoms with Gasteiger partial charge in [0.2, 0.25) is 10.0 Å². The van der Waals surface area contributed by atoms with Gasteiger partial charge in [-0.05, 0) is 34.5 Å². The van der Waals surface area contributed by atoms with E-state index in [2.05, 4.69) is 4.72 Å². The van der Waals surface area contributed by atoms with Crippen LogP contribution in [0.4, 0.5) is 10.1 Å². The predicted octanol–water partition coefficient (Wildman–Crippen LogP) is 1.48. The Bertz CT molecular complexity index is 666. The molecule has 1 unspecified atom stereocenters. The molecule has 4 N–H and O–H groups in total. The Labute approximate surface area is 119 Å². The number of aliphatic hydroxyl groups excluding tert-OH is 1. The van der Waals surface area contributed by atoms with Crippen LogP contribution in [0.1, 0.15) is 11.7 Å². The van der Waals surface area contributed by atoms with Crippen LogP contribution in [0.5, 0.6) is 0 Å². The van der Waals surface area contributed by atoms with E-state index in [0.29, 0.717) is 5.56 Å². The van der Waals surface area contributed by atoms with Crippen molar-refractivity contribution in [2.45, 2.75) is 11.0 Å². The number of anilines is 1. The second kappa shape index (κ2) is 5.88. The number of rotatable bonds is 5. The van der Waals surface area contributed by atoms with Crippen molar-refractivity contribution >= 4 is 27.0 Å². The van der Waals surface area contributed by atoms with Crippen molar-refractivity contribution < 1.29 is 17.9 Å². The molecule has 2 aromatic rings. The summed E-state index contributed by atoms with van der Waals surface area (Å²) in [7, 11) is -4.11. The van der Waals surface area contributed by atoms with Gasteiger partial charge in [0, 0.05) is 6.54 Å². The van der Waals surface area contributed by atoms with Gasteiger partial charge in [0.1, 0.15) is 10.7 Å². The maximum Gasteiger partial charge on any atom is 0.245 e. The molecule has 0 saturated heterocycles. The highest BCUT2D eigenvalue weighted by atomic mass is 32.2. The third-order valence-electron chi connectivity index (χ3n) is 2.66. The molecule has 0 saturated carbocycles. The third-order valence-corrected chi connectivity index (χ3v) is 4.88. The van der Waals surface area contributed by atoms with Crippen molar-refractivity contribution in [3.05, 3.63) is 46.4 Å². The molecule has 0 fully saturated rings. The first-order valence-corrected chi connectivity index (χ1v) is 8.08. The maximum atomic E-state index is 13.6. The van der Waals surface area contributed by atoms with Crippen molar-refractivity contribution in [1.29, 1.82) is 0 Å². The average molecular weight is 316 g/mol. The van der Waals surface area contributed by atoms with Crippen LogP contribution in [0.25, 0.3) is 0 Å². The van der Waals surface area contributed by atoms with E-state index in [1.165, 1.54) is 23.5 Å². The van der Waals surface area contributed by atoms with Crippen molar-refractivity contribution in [2.24, 2.45) is 0 Å². The molecule has 0 radical (unpaired) electrons. The molecule has 1 atom stereocenters. The minimum Gasteiger partial charge on any atom is -0.398 e.